The number of morpholine rings is 1. The molecule has 6 heteroatoms. The normalized spacial score (nSPS) is 19.0. The third-order valence-electron chi connectivity index (χ3n) is 4.68. The second kappa shape index (κ2) is 9.37. The van der Waals surface area contributed by atoms with Crippen LogP contribution in [0, 0.1) is 13.8 Å². The van der Waals surface area contributed by atoms with E-state index in [-0.39, 0.29) is 24.7 Å². The van der Waals surface area contributed by atoms with E-state index in [4.69, 9.17) is 21.7 Å². The summed E-state index contributed by atoms with van der Waals surface area (Å²) in [4.78, 5) is 15.2. The van der Waals surface area contributed by atoms with E-state index in [1.54, 1.807) is 0 Å². The summed E-state index contributed by atoms with van der Waals surface area (Å²) in [6.07, 6.45) is 0.324. The van der Waals surface area contributed by atoms with E-state index in [0.717, 1.165) is 40.5 Å². The maximum Gasteiger partial charge on any atom is 0.262 e. The Morgan fingerprint density at radius 2 is 1.69 bits per heavy atom. The topological polar surface area (TPSA) is 50.8 Å². The number of anilines is 1. The van der Waals surface area contributed by atoms with E-state index >= 15 is 0 Å². The summed E-state index contributed by atoms with van der Waals surface area (Å²) in [6.45, 7) is 9.67. The number of carbonyl (C=O) groups is 1. The van der Waals surface area contributed by atoms with E-state index in [2.05, 4.69) is 30.1 Å². The van der Waals surface area contributed by atoms with Gasteiger partial charge in [-0.05, 0) is 75.2 Å². The van der Waals surface area contributed by atoms with Crippen molar-refractivity contribution in [3.8, 4) is 5.75 Å². The van der Waals surface area contributed by atoms with Crippen LogP contribution in [0.1, 0.15) is 30.5 Å². The number of ether oxygens (including phenoxy) is 2. The molecule has 0 radical (unpaired) electrons. The third-order valence-corrected chi connectivity index (χ3v) is 5.18. The number of rotatable bonds is 5. The molecule has 1 amide bonds. The Labute approximate surface area is 178 Å². The SMILES string of the molecule is Cc1cc(C)cc(NC(=O)COc2ccc(C(=S)N3C[C@H](C)O[C@@H](C)C3)cc2)c1. The molecule has 2 atom stereocenters. The number of nitrogens with one attached hydrogen (secondary N) is 1. The average Bonchev–Trinajstić information content (AvgIpc) is 2.64. The summed E-state index contributed by atoms with van der Waals surface area (Å²) in [5.74, 6) is 0.446. The molecule has 3 rings (SSSR count). The Bertz CT molecular complexity index is 852. The van der Waals surface area contributed by atoms with Gasteiger partial charge in [0.05, 0.1) is 12.2 Å². The number of thiocarbonyl (C=S) groups is 1. The van der Waals surface area contributed by atoms with Gasteiger partial charge in [-0.2, -0.15) is 0 Å². The molecule has 0 spiro atoms. The molecule has 0 saturated carbocycles. The van der Waals surface area contributed by atoms with Crippen LogP contribution in [0.5, 0.6) is 5.75 Å². The number of amides is 1. The van der Waals surface area contributed by atoms with Crippen molar-refractivity contribution < 1.29 is 14.3 Å². The van der Waals surface area contributed by atoms with Crippen molar-refractivity contribution in [2.24, 2.45) is 0 Å². The lowest BCUT2D eigenvalue weighted by atomic mass is 10.1. The molecule has 1 N–H and O–H groups in total. The summed E-state index contributed by atoms with van der Waals surface area (Å²) < 4.78 is 11.4. The number of nitrogens with zero attached hydrogens (tertiary/aromatic N) is 1. The second-order valence-electron chi connectivity index (χ2n) is 7.71. The molecular formula is C23H28N2O3S. The van der Waals surface area contributed by atoms with Crippen molar-refractivity contribution in [3.05, 3.63) is 59.2 Å². The van der Waals surface area contributed by atoms with Gasteiger partial charge in [0, 0.05) is 24.3 Å². The molecule has 0 unspecified atom stereocenters. The first-order valence-corrected chi connectivity index (χ1v) is 10.3. The fourth-order valence-corrected chi connectivity index (χ4v) is 3.90. The van der Waals surface area contributed by atoms with Crippen LogP contribution in [0.4, 0.5) is 5.69 Å². The maximum atomic E-state index is 12.2. The van der Waals surface area contributed by atoms with Gasteiger partial charge in [0.1, 0.15) is 10.7 Å². The number of hydrogen-bond acceptors (Lipinski definition) is 4. The molecule has 2 aromatic carbocycles. The monoisotopic (exact) mass is 412 g/mol. The largest absolute Gasteiger partial charge is 0.484 e. The molecule has 1 aliphatic heterocycles. The number of hydrogen-bond donors (Lipinski definition) is 1. The molecule has 154 valence electrons. The van der Waals surface area contributed by atoms with Gasteiger partial charge in [0.15, 0.2) is 6.61 Å². The molecule has 1 fully saturated rings. The van der Waals surface area contributed by atoms with Crippen LogP contribution in [0.2, 0.25) is 0 Å². The van der Waals surface area contributed by atoms with E-state index in [1.165, 1.54) is 0 Å². The quantitative estimate of drug-likeness (QED) is 0.749. The highest BCUT2D eigenvalue weighted by Gasteiger charge is 2.24. The lowest BCUT2D eigenvalue weighted by Crippen LogP contribution is -2.47. The zero-order chi connectivity index (χ0) is 21.0. The van der Waals surface area contributed by atoms with E-state index in [0.29, 0.717) is 5.75 Å². The van der Waals surface area contributed by atoms with Crippen LogP contribution in [0.3, 0.4) is 0 Å². The fraction of sp³-hybridized carbons (Fsp3) is 0.391. The van der Waals surface area contributed by atoms with Crippen LogP contribution in [-0.4, -0.2) is 47.7 Å². The third kappa shape index (κ3) is 6.02. The standard InChI is InChI=1S/C23H28N2O3S/c1-15-9-16(2)11-20(10-15)24-22(26)14-27-21-7-5-19(6-8-21)23(29)25-12-17(3)28-18(4)13-25/h5-11,17-18H,12-14H2,1-4H3,(H,24,26)/t17-,18-/m0/s1. The zero-order valence-electron chi connectivity index (χ0n) is 17.4. The van der Waals surface area contributed by atoms with Crippen molar-refractivity contribution in [3.63, 3.8) is 0 Å². The molecule has 1 saturated heterocycles. The van der Waals surface area contributed by atoms with Crippen molar-refractivity contribution >= 4 is 28.8 Å². The van der Waals surface area contributed by atoms with Crippen LogP contribution in [0.25, 0.3) is 0 Å². The van der Waals surface area contributed by atoms with Gasteiger partial charge in [-0.25, -0.2) is 0 Å². The van der Waals surface area contributed by atoms with E-state index in [9.17, 15) is 4.79 Å². The molecule has 0 aliphatic carbocycles. The van der Waals surface area contributed by atoms with Crippen molar-refractivity contribution in [2.45, 2.75) is 39.9 Å². The predicted molar refractivity (Wildman–Crippen MR) is 120 cm³/mol. The van der Waals surface area contributed by atoms with Gasteiger partial charge in [-0.15, -0.1) is 0 Å². The Morgan fingerprint density at radius 1 is 1.10 bits per heavy atom. The van der Waals surface area contributed by atoms with Gasteiger partial charge in [-0.3, -0.25) is 4.79 Å². The van der Waals surface area contributed by atoms with Crippen LogP contribution < -0.4 is 10.1 Å². The molecule has 29 heavy (non-hydrogen) atoms. The lowest BCUT2D eigenvalue weighted by Gasteiger charge is -2.37. The molecule has 0 aromatic heterocycles. The highest BCUT2D eigenvalue weighted by molar-refractivity contribution is 7.80. The first-order chi connectivity index (χ1) is 13.8. The van der Waals surface area contributed by atoms with Crippen molar-refractivity contribution in [1.82, 2.24) is 4.90 Å². The molecule has 5 nitrogen and oxygen atoms in total. The summed E-state index contributed by atoms with van der Waals surface area (Å²) in [6, 6.07) is 13.5. The first-order valence-electron chi connectivity index (χ1n) is 9.86. The minimum atomic E-state index is -0.189. The van der Waals surface area contributed by atoms with Crippen LogP contribution in [-0.2, 0) is 9.53 Å². The molecule has 2 aromatic rings. The van der Waals surface area contributed by atoms with Gasteiger partial charge >= 0.3 is 0 Å². The minimum absolute atomic E-state index is 0.0464. The lowest BCUT2D eigenvalue weighted by molar-refractivity contribution is -0.118. The van der Waals surface area contributed by atoms with Gasteiger partial charge in [-0.1, -0.05) is 18.3 Å². The summed E-state index contributed by atoms with van der Waals surface area (Å²) in [5, 5.41) is 2.87. The highest BCUT2D eigenvalue weighted by Crippen LogP contribution is 2.18. The Balaban J connectivity index is 1.53. The highest BCUT2D eigenvalue weighted by atomic mass is 32.1. The average molecular weight is 413 g/mol. The predicted octanol–water partition coefficient (Wildman–Crippen LogP) is 4.11. The Kier molecular flexibility index (Phi) is 6.87. The van der Waals surface area contributed by atoms with Crippen molar-refractivity contribution in [2.75, 3.05) is 25.0 Å². The maximum absolute atomic E-state index is 12.2. The summed E-state index contributed by atoms with van der Waals surface area (Å²) >= 11 is 5.66. The van der Waals surface area contributed by atoms with Crippen LogP contribution in [0.15, 0.2) is 42.5 Å². The zero-order valence-corrected chi connectivity index (χ0v) is 18.2. The molecule has 1 heterocycles. The number of carbonyl (C=O) groups excluding carboxylic acids is 1. The first kappa shape index (κ1) is 21.3. The molecular weight excluding hydrogens is 384 g/mol. The smallest absolute Gasteiger partial charge is 0.262 e. The summed E-state index contributed by atoms with van der Waals surface area (Å²) in [5.41, 5.74) is 3.97. The summed E-state index contributed by atoms with van der Waals surface area (Å²) in [7, 11) is 0. The van der Waals surface area contributed by atoms with Gasteiger partial charge in [0.25, 0.3) is 5.91 Å². The minimum Gasteiger partial charge on any atom is -0.484 e. The van der Waals surface area contributed by atoms with Crippen LogP contribution >= 0.6 is 12.2 Å². The Morgan fingerprint density at radius 3 is 2.28 bits per heavy atom. The van der Waals surface area contributed by atoms with Crippen molar-refractivity contribution in [1.29, 1.82) is 0 Å². The number of aryl methyl sites for hydroxylation is 2. The number of benzene rings is 2. The van der Waals surface area contributed by atoms with E-state index in [1.807, 2.05) is 50.2 Å². The molecule has 0 bridgehead atoms. The Hall–Kier alpha value is -2.44. The fourth-order valence-electron chi connectivity index (χ4n) is 3.61. The van der Waals surface area contributed by atoms with E-state index < -0.39 is 0 Å². The second-order valence-corrected chi connectivity index (χ2v) is 8.09. The van der Waals surface area contributed by atoms with Gasteiger partial charge in [0.2, 0.25) is 0 Å². The molecule has 1 aliphatic rings. The van der Waals surface area contributed by atoms with Gasteiger partial charge < -0.3 is 19.7 Å².